The van der Waals surface area contributed by atoms with Gasteiger partial charge in [0.25, 0.3) is 5.56 Å². The smallest absolute Gasteiger partial charge is 0.398 e. The van der Waals surface area contributed by atoms with Gasteiger partial charge in [0.1, 0.15) is 0 Å². The lowest BCUT2D eigenvalue weighted by atomic mass is 10.2. The van der Waals surface area contributed by atoms with Gasteiger partial charge in [0.05, 0.1) is 6.54 Å². The molecule has 0 fully saturated rings. The highest BCUT2D eigenvalue weighted by atomic mass is 79.9. The highest BCUT2D eigenvalue weighted by Crippen LogP contribution is 2.32. The number of para-hydroxylation sites is 1. The number of hydrogen-bond acceptors (Lipinski definition) is 4. The maximum absolute atomic E-state index is 13.3. The first kappa shape index (κ1) is 18.4. The van der Waals surface area contributed by atoms with Crippen LogP contribution < -0.4 is 11.3 Å². The fraction of sp³-hybridized carbons (Fsp3) is 0.312. The summed E-state index contributed by atoms with van der Waals surface area (Å²) < 4.78 is 42.2. The molecule has 0 unspecified atom stereocenters. The number of alkyl halides is 3. The lowest BCUT2D eigenvalue weighted by Gasteiger charge is -2.14. The molecule has 0 radical (unpaired) electrons. The maximum atomic E-state index is 13.3. The zero-order chi connectivity index (χ0) is 19.2. The number of rotatable bonds is 3. The number of nitrogens with zero attached hydrogens (tertiary/aromatic N) is 4. The number of halogens is 4. The normalized spacial score (nSPS) is 12.3. The summed E-state index contributed by atoms with van der Waals surface area (Å²) in [5.41, 5.74) is 5.89. The largest absolute Gasteiger partial charge is 0.449 e. The number of anilines is 1. The Morgan fingerprint density at radius 2 is 1.88 bits per heavy atom. The zero-order valence-electron chi connectivity index (χ0n) is 13.9. The second kappa shape index (κ2) is 6.42. The van der Waals surface area contributed by atoms with E-state index in [-0.39, 0.29) is 22.4 Å². The van der Waals surface area contributed by atoms with Crippen LogP contribution in [0.3, 0.4) is 0 Å². The van der Waals surface area contributed by atoms with Crippen LogP contribution in [0.2, 0.25) is 0 Å². The summed E-state index contributed by atoms with van der Waals surface area (Å²) >= 11 is 3.18. The minimum Gasteiger partial charge on any atom is -0.398 e. The van der Waals surface area contributed by atoms with Gasteiger partial charge in [-0.05, 0) is 41.4 Å². The minimum atomic E-state index is -4.70. The number of benzene rings is 1. The molecule has 0 aliphatic rings. The third-order valence-corrected chi connectivity index (χ3v) is 4.51. The van der Waals surface area contributed by atoms with Gasteiger partial charge in [-0.3, -0.25) is 9.36 Å². The Morgan fingerprint density at radius 1 is 1.23 bits per heavy atom. The molecule has 0 saturated heterocycles. The molecular weight excluding hydrogens is 415 g/mol. The van der Waals surface area contributed by atoms with E-state index in [1.54, 1.807) is 38.1 Å². The van der Waals surface area contributed by atoms with Gasteiger partial charge in [-0.25, -0.2) is 9.97 Å². The van der Waals surface area contributed by atoms with Crippen LogP contribution in [0.4, 0.5) is 18.9 Å². The first-order valence-electron chi connectivity index (χ1n) is 7.70. The van der Waals surface area contributed by atoms with Gasteiger partial charge in [-0.1, -0.05) is 18.2 Å². The average Bonchev–Trinajstić information content (AvgIpc) is 2.93. The third-order valence-electron chi connectivity index (χ3n) is 3.91. The Hall–Kier alpha value is -2.36. The fourth-order valence-corrected chi connectivity index (χ4v) is 3.16. The predicted octanol–water partition coefficient (Wildman–Crippen LogP) is 3.59. The SMILES string of the molecule is CC(C)n1c(C(F)(F)F)nc2c(=O)n(Cc3ccccc3N)c(Br)nc21. The van der Waals surface area contributed by atoms with Crippen molar-refractivity contribution >= 4 is 32.8 Å². The van der Waals surface area contributed by atoms with Gasteiger partial charge < -0.3 is 10.3 Å². The van der Waals surface area contributed by atoms with E-state index >= 15 is 0 Å². The van der Waals surface area contributed by atoms with Crippen molar-refractivity contribution in [1.29, 1.82) is 0 Å². The minimum absolute atomic E-state index is 0.0604. The van der Waals surface area contributed by atoms with E-state index in [9.17, 15) is 18.0 Å². The number of hydrogen-bond donors (Lipinski definition) is 1. The first-order valence-corrected chi connectivity index (χ1v) is 8.49. The van der Waals surface area contributed by atoms with Crippen molar-refractivity contribution < 1.29 is 13.2 Å². The second-order valence-corrected chi connectivity index (χ2v) is 6.75. The van der Waals surface area contributed by atoms with E-state index < -0.39 is 23.6 Å². The Kier molecular flexibility index (Phi) is 4.55. The molecular formula is C16H15BrF3N5O. The molecule has 2 heterocycles. The number of nitrogen functional groups attached to an aromatic ring is 1. The van der Waals surface area contributed by atoms with E-state index in [0.29, 0.717) is 11.3 Å². The highest BCUT2D eigenvalue weighted by molar-refractivity contribution is 9.10. The topological polar surface area (TPSA) is 78.7 Å². The van der Waals surface area contributed by atoms with Crippen molar-refractivity contribution in [2.75, 3.05) is 5.73 Å². The second-order valence-electron chi connectivity index (χ2n) is 6.04. The molecule has 138 valence electrons. The van der Waals surface area contributed by atoms with Gasteiger partial charge in [0.15, 0.2) is 15.9 Å². The monoisotopic (exact) mass is 429 g/mol. The molecule has 2 N–H and O–H groups in total. The molecule has 0 bridgehead atoms. The Bertz CT molecular complexity index is 1040. The first-order chi connectivity index (χ1) is 12.1. The molecule has 3 aromatic rings. The lowest BCUT2D eigenvalue weighted by molar-refractivity contribution is -0.147. The lowest BCUT2D eigenvalue weighted by Crippen LogP contribution is -2.24. The third kappa shape index (κ3) is 3.09. The summed E-state index contributed by atoms with van der Waals surface area (Å²) in [5, 5.41) is 0. The van der Waals surface area contributed by atoms with E-state index in [1.807, 2.05) is 0 Å². The van der Waals surface area contributed by atoms with Gasteiger partial charge in [-0.15, -0.1) is 0 Å². The van der Waals surface area contributed by atoms with Crippen LogP contribution in [0.15, 0.2) is 33.8 Å². The van der Waals surface area contributed by atoms with Crippen molar-refractivity contribution in [3.63, 3.8) is 0 Å². The van der Waals surface area contributed by atoms with Crippen LogP contribution in [-0.4, -0.2) is 19.1 Å². The van der Waals surface area contributed by atoms with E-state index in [0.717, 1.165) is 4.57 Å². The molecule has 0 saturated carbocycles. The van der Waals surface area contributed by atoms with Crippen molar-refractivity contribution in [1.82, 2.24) is 19.1 Å². The number of nitrogens with two attached hydrogens (primary N) is 1. The Labute approximate surface area is 154 Å². The van der Waals surface area contributed by atoms with E-state index in [1.165, 1.54) is 4.57 Å². The molecule has 0 spiro atoms. The Balaban J connectivity index is 2.26. The standard InChI is InChI=1S/C16H15BrF3N5O/c1-8(2)25-12-11(22-14(25)16(18,19)20)13(26)24(15(17)23-12)7-9-5-3-4-6-10(9)21/h3-6,8H,7,21H2,1-2H3. The summed E-state index contributed by atoms with van der Waals surface area (Å²) in [6, 6.07) is 6.34. The predicted molar refractivity (Wildman–Crippen MR) is 94.8 cm³/mol. The fourth-order valence-electron chi connectivity index (χ4n) is 2.71. The van der Waals surface area contributed by atoms with Crippen LogP contribution in [-0.2, 0) is 12.7 Å². The maximum Gasteiger partial charge on any atom is 0.449 e. The van der Waals surface area contributed by atoms with Crippen LogP contribution >= 0.6 is 15.9 Å². The Morgan fingerprint density at radius 3 is 2.46 bits per heavy atom. The van der Waals surface area contributed by atoms with Crippen LogP contribution in [0, 0.1) is 0 Å². The zero-order valence-corrected chi connectivity index (χ0v) is 15.5. The molecule has 0 aliphatic heterocycles. The molecule has 0 atom stereocenters. The number of fused-ring (bicyclic) bond motifs is 1. The average molecular weight is 430 g/mol. The summed E-state index contributed by atoms with van der Waals surface area (Å²) in [4.78, 5) is 20.5. The van der Waals surface area contributed by atoms with Crippen molar-refractivity contribution in [3.8, 4) is 0 Å². The van der Waals surface area contributed by atoms with Gasteiger partial charge in [0.2, 0.25) is 5.82 Å². The number of imidazole rings is 1. The molecule has 3 rings (SSSR count). The van der Waals surface area contributed by atoms with E-state index in [4.69, 9.17) is 5.73 Å². The van der Waals surface area contributed by atoms with Crippen LogP contribution in [0.25, 0.3) is 11.2 Å². The van der Waals surface area contributed by atoms with Crippen molar-refractivity contribution in [2.24, 2.45) is 0 Å². The van der Waals surface area contributed by atoms with Crippen LogP contribution in [0.5, 0.6) is 0 Å². The van der Waals surface area contributed by atoms with Crippen LogP contribution in [0.1, 0.15) is 31.3 Å². The van der Waals surface area contributed by atoms with Crippen molar-refractivity contribution in [3.05, 3.63) is 50.7 Å². The summed E-state index contributed by atoms with van der Waals surface area (Å²) in [6.45, 7) is 3.20. The van der Waals surface area contributed by atoms with E-state index in [2.05, 4.69) is 25.9 Å². The summed E-state index contributed by atoms with van der Waals surface area (Å²) in [7, 11) is 0. The molecule has 0 amide bonds. The quantitative estimate of drug-likeness (QED) is 0.509. The van der Waals surface area contributed by atoms with Gasteiger partial charge in [0, 0.05) is 11.7 Å². The van der Waals surface area contributed by atoms with Gasteiger partial charge in [-0.2, -0.15) is 13.2 Å². The summed E-state index contributed by atoms with van der Waals surface area (Å²) in [6.07, 6.45) is -4.70. The van der Waals surface area contributed by atoms with Gasteiger partial charge >= 0.3 is 6.18 Å². The number of aromatic nitrogens is 4. The molecule has 0 aliphatic carbocycles. The molecule has 6 nitrogen and oxygen atoms in total. The molecule has 26 heavy (non-hydrogen) atoms. The van der Waals surface area contributed by atoms with Crippen molar-refractivity contribution in [2.45, 2.75) is 32.6 Å². The highest BCUT2D eigenvalue weighted by Gasteiger charge is 2.39. The summed E-state index contributed by atoms with van der Waals surface area (Å²) in [5.74, 6) is -1.14. The molecule has 2 aromatic heterocycles. The molecule has 10 heteroatoms. The molecule has 1 aromatic carbocycles.